The Hall–Kier alpha value is -1.66. The molecule has 1 amide bonds. The normalized spacial score (nSPS) is 10.5. The largest absolute Gasteiger partial charge is 0.481 e. The van der Waals surface area contributed by atoms with Crippen molar-refractivity contribution in [1.82, 2.24) is 0 Å². The van der Waals surface area contributed by atoms with Gasteiger partial charge in [-0.2, -0.15) is 0 Å². The van der Waals surface area contributed by atoms with Gasteiger partial charge >= 0.3 is 5.97 Å². The predicted octanol–water partition coefficient (Wildman–Crippen LogP) is 4.49. The number of rotatable bonds is 8. The fourth-order valence-corrected chi connectivity index (χ4v) is 3.66. The van der Waals surface area contributed by atoms with Gasteiger partial charge in [-0.25, -0.2) is 0 Å². The molecule has 0 saturated heterocycles. The molecule has 0 unspecified atom stereocenters. The van der Waals surface area contributed by atoms with Crippen LogP contribution in [0, 0.1) is 0 Å². The van der Waals surface area contributed by atoms with Gasteiger partial charge < -0.3 is 10.4 Å². The highest BCUT2D eigenvalue weighted by atomic mass is 79.9. The highest BCUT2D eigenvalue weighted by Gasteiger charge is 2.05. The molecule has 1 heterocycles. The fraction of sp³-hybridized carbons (Fsp3) is 0.294. The number of thiophene rings is 1. The first kappa shape index (κ1) is 17.7. The average molecular weight is 396 g/mol. The molecule has 1 aromatic heterocycles. The van der Waals surface area contributed by atoms with E-state index in [0.717, 1.165) is 27.9 Å². The maximum absolute atomic E-state index is 11.9. The van der Waals surface area contributed by atoms with Crippen molar-refractivity contribution in [2.24, 2.45) is 0 Å². The SMILES string of the molecule is O=C(O)CCc1ccc(NC(=O)CCCc2ccc(Br)s2)cc1. The third-order valence-electron chi connectivity index (χ3n) is 3.32. The van der Waals surface area contributed by atoms with Crippen LogP contribution in [-0.4, -0.2) is 17.0 Å². The van der Waals surface area contributed by atoms with E-state index < -0.39 is 5.97 Å². The van der Waals surface area contributed by atoms with Crippen LogP contribution in [-0.2, 0) is 22.4 Å². The number of nitrogens with one attached hydrogen (secondary N) is 1. The lowest BCUT2D eigenvalue weighted by atomic mass is 10.1. The second-order valence-electron chi connectivity index (χ2n) is 5.20. The number of halogens is 1. The summed E-state index contributed by atoms with van der Waals surface area (Å²) in [5, 5.41) is 11.5. The number of aryl methyl sites for hydroxylation is 2. The van der Waals surface area contributed by atoms with Crippen LogP contribution in [0.15, 0.2) is 40.2 Å². The van der Waals surface area contributed by atoms with Crippen LogP contribution in [0.4, 0.5) is 5.69 Å². The number of hydrogen-bond donors (Lipinski definition) is 2. The molecule has 6 heteroatoms. The summed E-state index contributed by atoms with van der Waals surface area (Å²) in [7, 11) is 0. The Kier molecular flexibility index (Phi) is 6.80. The van der Waals surface area contributed by atoms with Gasteiger partial charge in [0, 0.05) is 23.4 Å². The Morgan fingerprint density at radius 1 is 1.04 bits per heavy atom. The summed E-state index contributed by atoms with van der Waals surface area (Å²) in [4.78, 5) is 23.7. The van der Waals surface area contributed by atoms with Crippen molar-refractivity contribution in [3.63, 3.8) is 0 Å². The first-order chi connectivity index (χ1) is 11.0. The molecule has 0 aliphatic carbocycles. The molecule has 1 aromatic carbocycles. The van der Waals surface area contributed by atoms with E-state index in [4.69, 9.17) is 5.11 Å². The Labute approximate surface area is 147 Å². The summed E-state index contributed by atoms with van der Waals surface area (Å²) in [6, 6.07) is 11.4. The maximum Gasteiger partial charge on any atom is 0.303 e. The van der Waals surface area contributed by atoms with Crippen LogP contribution in [0.2, 0.25) is 0 Å². The molecule has 0 saturated carbocycles. The Balaban J connectivity index is 1.73. The summed E-state index contributed by atoms with van der Waals surface area (Å²) >= 11 is 5.12. The number of carboxylic acids is 1. The van der Waals surface area contributed by atoms with Gasteiger partial charge in [0.25, 0.3) is 0 Å². The quantitative estimate of drug-likeness (QED) is 0.691. The zero-order chi connectivity index (χ0) is 16.7. The number of carboxylic acid groups (broad SMARTS) is 1. The van der Waals surface area contributed by atoms with Gasteiger partial charge in [-0.05, 0) is 65.0 Å². The summed E-state index contributed by atoms with van der Waals surface area (Å²) in [6.07, 6.45) is 2.81. The molecule has 0 atom stereocenters. The summed E-state index contributed by atoms with van der Waals surface area (Å²) in [5.41, 5.74) is 1.70. The number of benzene rings is 1. The average Bonchev–Trinajstić information content (AvgIpc) is 2.92. The number of carbonyl (C=O) groups excluding carboxylic acids is 1. The van der Waals surface area contributed by atoms with Crippen molar-refractivity contribution < 1.29 is 14.7 Å². The number of amides is 1. The monoisotopic (exact) mass is 395 g/mol. The first-order valence-corrected chi connectivity index (χ1v) is 8.98. The van der Waals surface area contributed by atoms with Crippen LogP contribution < -0.4 is 5.32 Å². The zero-order valence-electron chi connectivity index (χ0n) is 12.5. The smallest absolute Gasteiger partial charge is 0.303 e. The van der Waals surface area contributed by atoms with E-state index in [1.807, 2.05) is 30.3 Å². The van der Waals surface area contributed by atoms with Gasteiger partial charge in [0.1, 0.15) is 0 Å². The van der Waals surface area contributed by atoms with Crippen molar-refractivity contribution in [1.29, 1.82) is 0 Å². The van der Waals surface area contributed by atoms with Gasteiger partial charge in [-0.1, -0.05) is 12.1 Å². The molecule has 0 bridgehead atoms. The Morgan fingerprint density at radius 3 is 2.39 bits per heavy atom. The third-order valence-corrected chi connectivity index (χ3v) is 5.00. The molecule has 2 aromatic rings. The molecule has 2 N–H and O–H groups in total. The fourth-order valence-electron chi connectivity index (χ4n) is 2.14. The van der Waals surface area contributed by atoms with Gasteiger partial charge in [-0.15, -0.1) is 11.3 Å². The highest BCUT2D eigenvalue weighted by Crippen LogP contribution is 2.23. The van der Waals surface area contributed by atoms with E-state index in [-0.39, 0.29) is 12.3 Å². The molecule has 23 heavy (non-hydrogen) atoms. The topological polar surface area (TPSA) is 66.4 Å². The minimum Gasteiger partial charge on any atom is -0.481 e. The zero-order valence-corrected chi connectivity index (χ0v) is 15.0. The molecule has 0 spiro atoms. The lowest BCUT2D eigenvalue weighted by Crippen LogP contribution is -2.11. The van der Waals surface area contributed by atoms with E-state index >= 15 is 0 Å². The van der Waals surface area contributed by atoms with Crippen LogP contribution >= 0.6 is 27.3 Å². The van der Waals surface area contributed by atoms with E-state index in [1.54, 1.807) is 11.3 Å². The molecule has 0 fully saturated rings. The number of carbonyl (C=O) groups is 2. The van der Waals surface area contributed by atoms with Gasteiger partial charge in [0.15, 0.2) is 0 Å². The maximum atomic E-state index is 11.9. The van der Waals surface area contributed by atoms with Crippen LogP contribution in [0.1, 0.15) is 29.7 Å². The van der Waals surface area contributed by atoms with Gasteiger partial charge in [-0.3, -0.25) is 9.59 Å². The predicted molar refractivity (Wildman–Crippen MR) is 96.0 cm³/mol. The molecule has 4 nitrogen and oxygen atoms in total. The Bertz CT molecular complexity index is 667. The molecule has 2 rings (SSSR count). The van der Waals surface area contributed by atoms with Gasteiger partial charge in [0.05, 0.1) is 3.79 Å². The molecule has 0 aliphatic heterocycles. The van der Waals surface area contributed by atoms with Crippen molar-refractivity contribution >= 4 is 44.8 Å². The van der Waals surface area contributed by atoms with Crippen LogP contribution in [0.25, 0.3) is 0 Å². The van der Waals surface area contributed by atoms with Crippen molar-refractivity contribution in [3.8, 4) is 0 Å². The van der Waals surface area contributed by atoms with Crippen molar-refractivity contribution in [2.45, 2.75) is 32.1 Å². The van der Waals surface area contributed by atoms with Crippen molar-refractivity contribution in [3.05, 3.63) is 50.6 Å². The highest BCUT2D eigenvalue weighted by molar-refractivity contribution is 9.11. The second-order valence-corrected chi connectivity index (χ2v) is 7.75. The number of aliphatic carboxylic acids is 1. The standard InChI is InChI=1S/C17H18BrNO3S/c18-15-10-9-14(23-15)2-1-3-16(20)19-13-7-4-12(5-8-13)6-11-17(21)22/h4-5,7-10H,1-3,6,11H2,(H,19,20)(H,21,22). The number of hydrogen-bond acceptors (Lipinski definition) is 3. The third kappa shape index (κ3) is 6.54. The summed E-state index contributed by atoms with van der Waals surface area (Å²) in [6.45, 7) is 0. The molecular formula is C17H18BrNO3S. The van der Waals surface area contributed by atoms with Crippen LogP contribution in [0.3, 0.4) is 0 Å². The van der Waals surface area contributed by atoms with Gasteiger partial charge in [0.2, 0.25) is 5.91 Å². The first-order valence-electron chi connectivity index (χ1n) is 7.38. The second kappa shape index (κ2) is 8.84. The molecule has 122 valence electrons. The summed E-state index contributed by atoms with van der Waals surface area (Å²) in [5.74, 6) is -0.806. The molecular weight excluding hydrogens is 378 g/mol. The van der Waals surface area contributed by atoms with Crippen LogP contribution in [0.5, 0.6) is 0 Å². The number of anilines is 1. The minimum atomic E-state index is -0.805. The summed E-state index contributed by atoms with van der Waals surface area (Å²) < 4.78 is 1.11. The van der Waals surface area contributed by atoms with E-state index in [0.29, 0.717) is 12.8 Å². The van der Waals surface area contributed by atoms with E-state index in [2.05, 4.69) is 27.3 Å². The van der Waals surface area contributed by atoms with E-state index in [9.17, 15) is 9.59 Å². The lowest BCUT2D eigenvalue weighted by molar-refractivity contribution is -0.137. The lowest BCUT2D eigenvalue weighted by Gasteiger charge is -2.06. The Morgan fingerprint density at radius 2 is 1.78 bits per heavy atom. The minimum absolute atomic E-state index is 0.00101. The van der Waals surface area contributed by atoms with E-state index in [1.165, 1.54) is 4.88 Å². The molecule has 0 aliphatic rings. The molecule has 0 radical (unpaired) electrons. The van der Waals surface area contributed by atoms with Crippen molar-refractivity contribution in [2.75, 3.05) is 5.32 Å².